The quantitative estimate of drug-likeness (QED) is 0.909. The molecule has 2 heterocycles. The molecule has 2 atom stereocenters. The second-order valence-corrected chi connectivity index (χ2v) is 6.06. The Morgan fingerprint density at radius 2 is 2.30 bits per heavy atom. The third-order valence-electron chi connectivity index (χ3n) is 3.82. The van der Waals surface area contributed by atoms with Gasteiger partial charge in [0.05, 0.1) is 17.3 Å². The first-order chi connectivity index (χ1) is 9.69. The summed E-state index contributed by atoms with van der Waals surface area (Å²) < 4.78 is 11.4. The summed E-state index contributed by atoms with van der Waals surface area (Å²) >= 11 is 12.5. The van der Waals surface area contributed by atoms with Crippen LogP contribution in [0.3, 0.4) is 0 Å². The lowest BCUT2D eigenvalue weighted by atomic mass is 10.1. The van der Waals surface area contributed by atoms with Crippen molar-refractivity contribution in [3.63, 3.8) is 0 Å². The van der Waals surface area contributed by atoms with E-state index in [9.17, 15) is 0 Å². The van der Waals surface area contributed by atoms with Gasteiger partial charge in [-0.05, 0) is 12.1 Å². The van der Waals surface area contributed by atoms with Gasteiger partial charge in [-0.15, -0.1) is 0 Å². The molecular formula is C14H18Cl2N2O2. The zero-order valence-corrected chi connectivity index (χ0v) is 12.9. The minimum Gasteiger partial charge on any atom is -0.484 e. The SMILES string of the molecule is COC[C@@H]1C[C@@H]2CNCCN2c2cc(Cl)cc(Cl)c2O1. The molecule has 2 aliphatic heterocycles. The van der Waals surface area contributed by atoms with Crippen molar-refractivity contribution >= 4 is 28.9 Å². The molecule has 3 rings (SSSR count). The molecule has 0 spiro atoms. The Labute approximate surface area is 128 Å². The van der Waals surface area contributed by atoms with Gasteiger partial charge in [0.2, 0.25) is 0 Å². The van der Waals surface area contributed by atoms with Gasteiger partial charge in [-0.25, -0.2) is 0 Å². The van der Waals surface area contributed by atoms with Crippen LogP contribution in [-0.2, 0) is 4.74 Å². The average molecular weight is 317 g/mol. The molecule has 110 valence electrons. The number of anilines is 1. The van der Waals surface area contributed by atoms with E-state index in [-0.39, 0.29) is 6.10 Å². The van der Waals surface area contributed by atoms with Gasteiger partial charge < -0.3 is 19.7 Å². The summed E-state index contributed by atoms with van der Waals surface area (Å²) in [6.45, 7) is 3.38. The monoisotopic (exact) mass is 316 g/mol. The highest BCUT2D eigenvalue weighted by molar-refractivity contribution is 6.36. The summed E-state index contributed by atoms with van der Waals surface area (Å²) in [7, 11) is 1.69. The Bertz CT molecular complexity index is 498. The van der Waals surface area contributed by atoms with Gasteiger partial charge in [0.15, 0.2) is 5.75 Å². The lowest BCUT2D eigenvalue weighted by Gasteiger charge is -2.37. The van der Waals surface area contributed by atoms with Gasteiger partial charge in [0, 0.05) is 44.2 Å². The molecule has 1 N–H and O–H groups in total. The summed E-state index contributed by atoms with van der Waals surface area (Å²) in [6.07, 6.45) is 0.913. The Kier molecular flexibility index (Phi) is 4.26. The minimum absolute atomic E-state index is 0.00678. The Balaban J connectivity index is 2.02. The fraction of sp³-hybridized carbons (Fsp3) is 0.571. The molecule has 4 nitrogen and oxygen atoms in total. The lowest BCUT2D eigenvalue weighted by Crippen LogP contribution is -2.52. The first-order valence-corrected chi connectivity index (χ1v) is 7.56. The van der Waals surface area contributed by atoms with E-state index < -0.39 is 0 Å². The van der Waals surface area contributed by atoms with Crippen molar-refractivity contribution in [2.45, 2.75) is 18.6 Å². The van der Waals surface area contributed by atoms with Gasteiger partial charge in [-0.3, -0.25) is 0 Å². The highest BCUT2D eigenvalue weighted by Gasteiger charge is 2.33. The zero-order valence-electron chi connectivity index (χ0n) is 11.4. The smallest absolute Gasteiger partial charge is 0.161 e. The van der Waals surface area contributed by atoms with E-state index in [2.05, 4.69) is 10.2 Å². The molecule has 1 aromatic carbocycles. The molecule has 0 aliphatic carbocycles. The maximum Gasteiger partial charge on any atom is 0.161 e. The Morgan fingerprint density at radius 3 is 3.10 bits per heavy atom. The van der Waals surface area contributed by atoms with Crippen LogP contribution in [0, 0.1) is 0 Å². The number of piperazine rings is 1. The van der Waals surface area contributed by atoms with Crippen LogP contribution in [-0.4, -0.2) is 45.5 Å². The van der Waals surface area contributed by atoms with Gasteiger partial charge in [0.1, 0.15) is 6.10 Å². The Morgan fingerprint density at radius 1 is 1.45 bits per heavy atom. The number of hydrogen-bond donors (Lipinski definition) is 1. The summed E-state index contributed by atoms with van der Waals surface area (Å²) in [4.78, 5) is 2.35. The van der Waals surface area contributed by atoms with Crippen molar-refractivity contribution in [2.24, 2.45) is 0 Å². The number of nitrogens with one attached hydrogen (secondary N) is 1. The van der Waals surface area contributed by atoms with Crippen LogP contribution in [0.4, 0.5) is 5.69 Å². The predicted molar refractivity (Wildman–Crippen MR) is 81.4 cm³/mol. The maximum absolute atomic E-state index is 6.32. The molecule has 2 aliphatic rings. The molecule has 6 heteroatoms. The average Bonchev–Trinajstić information content (AvgIpc) is 2.57. The Hall–Kier alpha value is -0.680. The standard InChI is InChI=1S/C14H18Cl2N2O2/c1-19-8-11-6-10-7-17-2-3-18(10)13-5-9(15)4-12(16)14(13)20-11/h4-5,10-11,17H,2-3,6-8H2,1H3/t10-,11+/m1/s1. The van der Waals surface area contributed by atoms with Crippen molar-refractivity contribution in [1.82, 2.24) is 5.32 Å². The fourth-order valence-electron chi connectivity index (χ4n) is 2.97. The molecule has 0 aromatic heterocycles. The molecule has 0 radical (unpaired) electrons. The van der Waals surface area contributed by atoms with Crippen molar-refractivity contribution in [2.75, 3.05) is 38.3 Å². The van der Waals surface area contributed by atoms with Crippen LogP contribution in [0.2, 0.25) is 10.0 Å². The zero-order chi connectivity index (χ0) is 14.1. The van der Waals surface area contributed by atoms with E-state index in [1.807, 2.05) is 6.07 Å². The molecule has 0 unspecified atom stereocenters. The highest BCUT2D eigenvalue weighted by Crippen LogP contribution is 2.42. The summed E-state index contributed by atoms with van der Waals surface area (Å²) in [5.74, 6) is 0.725. The number of benzene rings is 1. The first kappa shape index (κ1) is 14.3. The molecule has 0 saturated carbocycles. The van der Waals surface area contributed by atoms with E-state index in [0.717, 1.165) is 37.5 Å². The molecule has 1 saturated heterocycles. The molecular weight excluding hydrogens is 299 g/mol. The molecule has 0 amide bonds. The maximum atomic E-state index is 6.32. The molecule has 1 fully saturated rings. The summed E-state index contributed by atoms with van der Waals surface area (Å²) in [5, 5.41) is 4.63. The van der Waals surface area contributed by atoms with Gasteiger partial charge in [-0.2, -0.15) is 0 Å². The van der Waals surface area contributed by atoms with Crippen molar-refractivity contribution in [3.05, 3.63) is 22.2 Å². The van der Waals surface area contributed by atoms with Gasteiger partial charge in [-0.1, -0.05) is 23.2 Å². The van der Waals surface area contributed by atoms with E-state index in [4.69, 9.17) is 32.7 Å². The van der Waals surface area contributed by atoms with Crippen LogP contribution >= 0.6 is 23.2 Å². The minimum atomic E-state index is 0.00678. The number of hydrogen-bond acceptors (Lipinski definition) is 4. The number of fused-ring (bicyclic) bond motifs is 3. The van der Waals surface area contributed by atoms with E-state index in [1.54, 1.807) is 13.2 Å². The second-order valence-electron chi connectivity index (χ2n) is 5.22. The second kappa shape index (κ2) is 5.98. The molecule has 0 bridgehead atoms. The lowest BCUT2D eigenvalue weighted by molar-refractivity contribution is 0.0746. The highest BCUT2D eigenvalue weighted by atomic mass is 35.5. The van der Waals surface area contributed by atoms with Gasteiger partial charge in [0.25, 0.3) is 0 Å². The molecule has 1 aromatic rings. The van der Waals surface area contributed by atoms with Crippen LogP contribution in [0.15, 0.2) is 12.1 Å². The van der Waals surface area contributed by atoms with Crippen molar-refractivity contribution in [1.29, 1.82) is 0 Å². The third-order valence-corrected chi connectivity index (χ3v) is 4.32. The molecule has 20 heavy (non-hydrogen) atoms. The first-order valence-electron chi connectivity index (χ1n) is 6.81. The topological polar surface area (TPSA) is 33.7 Å². The van der Waals surface area contributed by atoms with Crippen LogP contribution in [0.25, 0.3) is 0 Å². The van der Waals surface area contributed by atoms with E-state index >= 15 is 0 Å². The van der Waals surface area contributed by atoms with Crippen LogP contribution in [0.5, 0.6) is 5.75 Å². The largest absolute Gasteiger partial charge is 0.484 e. The number of halogens is 2. The predicted octanol–water partition coefficient (Wildman–Crippen LogP) is 2.57. The number of ether oxygens (including phenoxy) is 2. The normalized spacial score (nSPS) is 25.4. The van der Waals surface area contributed by atoms with Crippen LogP contribution in [0.1, 0.15) is 6.42 Å². The van der Waals surface area contributed by atoms with Crippen molar-refractivity contribution in [3.8, 4) is 5.75 Å². The van der Waals surface area contributed by atoms with Gasteiger partial charge >= 0.3 is 0 Å². The van der Waals surface area contributed by atoms with Crippen LogP contribution < -0.4 is 15.0 Å². The van der Waals surface area contributed by atoms with Crippen molar-refractivity contribution < 1.29 is 9.47 Å². The summed E-state index contributed by atoms with van der Waals surface area (Å²) in [5.41, 5.74) is 0.993. The number of nitrogens with zero attached hydrogens (tertiary/aromatic N) is 1. The van der Waals surface area contributed by atoms with E-state index in [0.29, 0.717) is 22.7 Å². The fourth-order valence-corrected chi connectivity index (χ4v) is 3.50. The van der Waals surface area contributed by atoms with E-state index in [1.165, 1.54) is 0 Å². The number of rotatable bonds is 2. The number of methoxy groups -OCH3 is 1. The summed E-state index contributed by atoms with van der Waals surface area (Å²) in [6, 6.07) is 4.05. The third kappa shape index (κ3) is 2.70.